The molecular weight excluding hydrogens is 112 g/mol. The molecule has 2 fully saturated rings. The van der Waals surface area contributed by atoms with E-state index in [1.54, 1.807) is 0 Å². The van der Waals surface area contributed by atoms with E-state index in [2.05, 4.69) is 17.3 Å². The van der Waals surface area contributed by atoms with E-state index in [1.165, 1.54) is 26.1 Å². The number of likely N-dealkylation sites (N-methyl/N-ethyl adjacent to an activating group) is 1. The van der Waals surface area contributed by atoms with Crippen LogP contribution in [0.2, 0.25) is 0 Å². The quantitative estimate of drug-likeness (QED) is 0.488. The summed E-state index contributed by atoms with van der Waals surface area (Å²) in [5.74, 6) is 1.02. The Morgan fingerprint density at radius 2 is 2.44 bits per heavy atom. The molecule has 9 heavy (non-hydrogen) atoms. The number of rotatable bonds is 0. The topological polar surface area (TPSA) is 15.3 Å². The highest BCUT2D eigenvalue weighted by Gasteiger charge is 2.37. The molecule has 2 heterocycles. The normalized spacial score (nSPS) is 43.7. The van der Waals surface area contributed by atoms with E-state index < -0.39 is 0 Å². The molecule has 2 rings (SSSR count). The van der Waals surface area contributed by atoms with Gasteiger partial charge < -0.3 is 10.2 Å². The van der Waals surface area contributed by atoms with Gasteiger partial charge in [-0.3, -0.25) is 0 Å². The summed E-state index contributed by atoms with van der Waals surface area (Å²) in [6.45, 7) is 3.81. The Balaban J connectivity index is 1.94. The highest BCUT2D eigenvalue weighted by atomic mass is 15.2. The molecule has 0 spiro atoms. The fourth-order valence-electron chi connectivity index (χ4n) is 1.99. The Morgan fingerprint density at radius 1 is 1.56 bits per heavy atom. The minimum Gasteiger partial charge on any atom is -0.315 e. The van der Waals surface area contributed by atoms with Gasteiger partial charge >= 0.3 is 0 Å². The first kappa shape index (κ1) is 5.69. The van der Waals surface area contributed by atoms with Crippen molar-refractivity contribution < 1.29 is 0 Å². The van der Waals surface area contributed by atoms with Crippen LogP contribution in [0.25, 0.3) is 0 Å². The van der Waals surface area contributed by atoms with Crippen LogP contribution in [0.15, 0.2) is 0 Å². The second-order valence-corrected chi connectivity index (χ2v) is 3.26. The molecule has 2 atom stereocenters. The second-order valence-electron chi connectivity index (χ2n) is 3.26. The lowest BCUT2D eigenvalue weighted by Gasteiger charge is -2.49. The van der Waals surface area contributed by atoms with Gasteiger partial charge in [0.25, 0.3) is 0 Å². The van der Waals surface area contributed by atoms with Gasteiger partial charge in [-0.1, -0.05) is 0 Å². The van der Waals surface area contributed by atoms with Crippen molar-refractivity contribution in [2.75, 3.05) is 26.7 Å². The molecule has 52 valence electrons. The molecule has 0 aromatic carbocycles. The van der Waals surface area contributed by atoms with Gasteiger partial charge in [0.05, 0.1) is 0 Å². The first-order valence-corrected chi connectivity index (χ1v) is 3.79. The van der Waals surface area contributed by atoms with Crippen molar-refractivity contribution in [3.8, 4) is 0 Å². The lowest BCUT2D eigenvalue weighted by Crippen LogP contribution is -2.61. The van der Waals surface area contributed by atoms with Gasteiger partial charge in [0, 0.05) is 19.1 Å². The second kappa shape index (κ2) is 1.96. The number of fused-ring (bicyclic) bond motifs is 1. The van der Waals surface area contributed by atoms with E-state index in [0.717, 1.165) is 12.0 Å². The third kappa shape index (κ3) is 0.775. The van der Waals surface area contributed by atoms with Crippen LogP contribution in [0.1, 0.15) is 6.42 Å². The average Bonchev–Trinajstić information content (AvgIpc) is 1.86. The minimum absolute atomic E-state index is 0.874. The van der Waals surface area contributed by atoms with Crippen LogP contribution >= 0.6 is 0 Å². The van der Waals surface area contributed by atoms with Crippen molar-refractivity contribution in [1.82, 2.24) is 10.2 Å². The zero-order chi connectivity index (χ0) is 6.27. The molecule has 0 amide bonds. The molecule has 0 aliphatic carbocycles. The molecule has 0 radical (unpaired) electrons. The predicted octanol–water partition coefficient (Wildman–Crippen LogP) is -0.0901. The summed E-state index contributed by atoms with van der Waals surface area (Å²) in [4.78, 5) is 2.44. The highest BCUT2D eigenvalue weighted by Crippen LogP contribution is 2.27. The Labute approximate surface area is 56.2 Å². The first-order valence-electron chi connectivity index (χ1n) is 3.79. The fraction of sp³-hybridized carbons (Fsp3) is 1.00. The predicted molar refractivity (Wildman–Crippen MR) is 37.4 cm³/mol. The minimum atomic E-state index is 0.874. The number of hydrogen-bond donors (Lipinski definition) is 1. The number of piperidine rings is 1. The molecule has 2 saturated heterocycles. The maximum absolute atomic E-state index is 3.40. The van der Waals surface area contributed by atoms with Crippen LogP contribution in [-0.4, -0.2) is 37.6 Å². The van der Waals surface area contributed by atoms with E-state index >= 15 is 0 Å². The molecule has 2 nitrogen and oxygen atoms in total. The third-order valence-corrected chi connectivity index (χ3v) is 2.68. The Kier molecular flexibility index (Phi) is 1.24. The van der Waals surface area contributed by atoms with E-state index in [-0.39, 0.29) is 0 Å². The van der Waals surface area contributed by atoms with Gasteiger partial charge in [0.15, 0.2) is 0 Å². The summed E-state index contributed by atoms with van der Waals surface area (Å²) in [5, 5.41) is 3.40. The van der Waals surface area contributed by atoms with Crippen molar-refractivity contribution in [1.29, 1.82) is 0 Å². The number of hydrogen-bond acceptors (Lipinski definition) is 2. The third-order valence-electron chi connectivity index (χ3n) is 2.68. The van der Waals surface area contributed by atoms with E-state index in [4.69, 9.17) is 0 Å². The Bertz CT molecular complexity index is 111. The van der Waals surface area contributed by atoms with Crippen LogP contribution in [0.4, 0.5) is 0 Å². The van der Waals surface area contributed by atoms with Crippen LogP contribution in [-0.2, 0) is 0 Å². The zero-order valence-electron chi connectivity index (χ0n) is 5.93. The maximum Gasteiger partial charge on any atom is 0.0258 e. The molecule has 1 N–H and O–H groups in total. The van der Waals surface area contributed by atoms with Crippen LogP contribution in [0, 0.1) is 5.92 Å². The smallest absolute Gasteiger partial charge is 0.0258 e. The molecular formula is C7H14N2. The molecule has 2 aliphatic heterocycles. The van der Waals surface area contributed by atoms with Crippen LogP contribution in [0.5, 0.6) is 0 Å². The summed E-state index contributed by atoms with van der Waals surface area (Å²) in [6.07, 6.45) is 1.40. The first-order chi connectivity index (χ1) is 4.38. The number of nitrogens with zero attached hydrogens (tertiary/aromatic N) is 1. The van der Waals surface area contributed by atoms with E-state index in [1.807, 2.05) is 0 Å². The lowest BCUT2D eigenvalue weighted by molar-refractivity contribution is 0.0191. The monoisotopic (exact) mass is 126 g/mol. The lowest BCUT2D eigenvalue weighted by atomic mass is 9.84. The van der Waals surface area contributed by atoms with Gasteiger partial charge in [-0.25, -0.2) is 0 Å². The van der Waals surface area contributed by atoms with Crippen LogP contribution in [0.3, 0.4) is 0 Å². The molecule has 0 saturated carbocycles. The molecule has 0 aromatic rings. The average molecular weight is 126 g/mol. The van der Waals surface area contributed by atoms with Crippen molar-refractivity contribution in [3.05, 3.63) is 0 Å². The summed E-state index contributed by atoms with van der Waals surface area (Å²) in [7, 11) is 2.22. The van der Waals surface area contributed by atoms with Crippen molar-refractivity contribution in [2.24, 2.45) is 5.92 Å². The van der Waals surface area contributed by atoms with E-state index in [0.29, 0.717) is 0 Å². The number of likely N-dealkylation sites (tertiary alicyclic amines) is 1. The van der Waals surface area contributed by atoms with Crippen LogP contribution < -0.4 is 5.32 Å². The molecule has 2 aliphatic rings. The van der Waals surface area contributed by atoms with Gasteiger partial charge in [-0.2, -0.15) is 0 Å². The molecule has 0 unspecified atom stereocenters. The zero-order valence-corrected chi connectivity index (χ0v) is 5.93. The highest BCUT2D eigenvalue weighted by molar-refractivity contribution is 4.93. The Hall–Kier alpha value is -0.0800. The van der Waals surface area contributed by atoms with Crippen molar-refractivity contribution in [2.45, 2.75) is 12.5 Å². The molecule has 2 heteroatoms. The van der Waals surface area contributed by atoms with Crippen molar-refractivity contribution >= 4 is 0 Å². The van der Waals surface area contributed by atoms with Gasteiger partial charge in [0.1, 0.15) is 0 Å². The number of nitrogens with one attached hydrogen (secondary N) is 1. The van der Waals surface area contributed by atoms with E-state index in [9.17, 15) is 0 Å². The van der Waals surface area contributed by atoms with Gasteiger partial charge in [-0.15, -0.1) is 0 Å². The summed E-state index contributed by atoms with van der Waals surface area (Å²) >= 11 is 0. The summed E-state index contributed by atoms with van der Waals surface area (Å²) < 4.78 is 0. The van der Waals surface area contributed by atoms with Gasteiger partial charge in [0.2, 0.25) is 0 Å². The Morgan fingerprint density at radius 3 is 3.00 bits per heavy atom. The molecule has 0 bridgehead atoms. The SMILES string of the molecule is CN1C[C@@H]2CCNC[C@H]21. The van der Waals surface area contributed by atoms with Gasteiger partial charge in [-0.05, 0) is 25.9 Å². The summed E-state index contributed by atoms with van der Waals surface area (Å²) in [6, 6.07) is 0.874. The van der Waals surface area contributed by atoms with Crippen molar-refractivity contribution in [3.63, 3.8) is 0 Å². The molecule has 0 aromatic heterocycles. The standard InChI is InChI=1S/C7H14N2/c1-9-5-6-2-3-8-4-7(6)9/h6-8H,2-5H2,1H3/t6-,7+/m0/s1. The largest absolute Gasteiger partial charge is 0.315 e. The fourth-order valence-corrected chi connectivity index (χ4v) is 1.99. The summed E-state index contributed by atoms with van der Waals surface area (Å²) in [5.41, 5.74) is 0. The maximum atomic E-state index is 3.40.